The molecule has 0 aliphatic heterocycles. The average molecular weight is 232 g/mol. The highest BCUT2D eigenvalue weighted by Gasteiger charge is 2.20. The molecule has 1 aliphatic carbocycles. The van der Waals surface area contributed by atoms with E-state index in [9.17, 15) is 0 Å². The maximum Gasteiger partial charge on any atom is 0.218 e. The molecule has 3 heteroatoms. The number of nitrogens with one attached hydrogen (secondary N) is 1. The van der Waals surface area contributed by atoms with E-state index in [1.807, 2.05) is 13.1 Å². The summed E-state index contributed by atoms with van der Waals surface area (Å²) < 4.78 is 5.34. The second kappa shape index (κ2) is 5.82. The number of allylic oxidation sites excluding steroid dienone is 1. The Kier molecular flexibility index (Phi) is 4.15. The van der Waals surface area contributed by atoms with E-state index >= 15 is 0 Å². The van der Waals surface area contributed by atoms with Crippen LogP contribution in [-0.4, -0.2) is 19.1 Å². The molecular weight excluding hydrogens is 212 g/mol. The molecule has 3 nitrogen and oxygen atoms in total. The molecule has 1 aromatic heterocycles. The highest BCUT2D eigenvalue weighted by Crippen LogP contribution is 2.32. The first-order valence-corrected chi connectivity index (χ1v) is 6.22. The van der Waals surface area contributed by atoms with Gasteiger partial charge in [-0.25, -0.2) is 4.98 Å². The van der Waals surface area contributed by atoms with Gasteiger partial charge in [-0.3, -0.25) is 0 Å². The van der Waals surface area contributed by atoms with E-state index < -0.39 is 0 Å². The van der Waals surface area contributed by atoms with Crippen molar-refractivity contribution in [3.63, 3.8) is 0 Å². The van der Waals surface area contributed by atoms with E-state index in [2.05, 4.69) is 22.4 Å². The fourth-order valence-electron chi connectivity index (χ4n) is 2.46. The van der Waals surface area contributed by atoms with Gasteiger partial charge in [0.05, 0.1) is 13.2 Å². The van der Waals surface area contributed by atoms with Crippen molar-refractivity contribution < 1.29 is 4.74 Å². The van der Waals surface area contributed by atoms with Crippen molar-refractivity contribution in [2.24, 2.45) is 0 Å². The predicted octanol–water partition coefficient (Wildman–Crippen LogP) is 2.85. The number of ether oxygens (including phenoxy) is 1. The Balaban J connectivity index is 2.31. The monoisotopic (exact) mass is 232 g/mol. The first-order valence-electron chi connectivity index (χ1n) is 6.22. The van der Waals surface area contributed by atoms with Crippen molar-refractivity contribution in [1.82, 2.24) is 10.3 Å². The number of nitrogens with zero attached hydrogens (tertiary/aromatic N) is 1. The highest BCUT2D eigenvalue weighted by molar-refractivity contribution is 5.35. The highest BCUT2D eigenvalue weighted by atomic mass is 16.5. The molecule has 92 valence electrons. The van der Waals surface area contributed by atoms with Crippen LogP contribution in [0.5, 0.6) is 5.88 Å². The Hall–Kier alpha value is -1.35. The number of likely N-dealkylation sites (N-methyl/N-ethyl adjacent to an activating group) is 1. The minimum Gasteiger partial charge on any atom is -0.481 e. The third-order valence-electron chi connectivity index (χ3n) is 3.29. The normalized spacial score (nSPS) is 17.4. The number of methoxy groups -OCH3 is 1. The number of rotatable bonds is 4. The van der Waals surface area contributed by atoms with Crippen LogP contribution in [0.15, 0.2) is 30.0 Å². The van der Waals surface area contributed by atoms with E-state index in [1.165, 1.54) is 31.3 Å². The molecule has 1 N–H and O–H groups in total. The lowest BCUT2D eigenvalue weighted by Gasteiger charge is -2.24. The fraction of sp³-hybridized carbons (Fsp3) is 0.500. The van der Waals surface area contributed by atoms with Gasteiger partial charge in [0.15, 0.2) is 0 Å². The van der Waals surface area contributed by atoms with E-state index in [0.717, 1.165) is 11.4 Å². The van der Waals surface area contributed by atoms with Crippen molar-refractivity contribution in [1.29, 1.82) is 0 Å². The van der Waals surface area contributed by atoms with Crippen LogP contribution < -0.4 is 10.1 Å². The lowest BCUT2D eigenvalue weighted by atomic mass is 9.90. The number of aromatic nitrogens is 1. The molecule has 1 unspecified atom stereocenters. The largest absolute Gasteiger partial charge is 0.481 e. The number of pyridine rings is 1. The van der Waals surface area contributed by atoms with Crippen molar-refractivity contribution in [2.75, 3.05) is 14.2 Å². The summed E-state index contributed by atoms with van der Waals surface area (Å²) in [5.74, 6) is 0.721. The molecule has 1 heterocycles. The van der Waals surface area contributed by atoms with Crippen molar-refractivity contribution in [3.8, 4) is 5.88 Å². The van der Waals surface area contributed by atoms with Crippen LogP contribution in [0.3, 0.4) is 0 Å². The summed E-state index contributed by atoms with van der Waals surface area (Å²) in [6.45, 7) is 0. The smallest absolute Gasteiger partial charge is 0.218 e. The van der Waals surface area contributed by atoms with Crippen LogP contribution in [0, 0.1) is 0 Å². The summed E-state index contributed by atoms with van der Waals surface area (Å²) in [6, 6.07) is 4.28. The molecule has 0 bridgehead atoms. The zero-order valence-electron chi connectivity index (χ0n) is 10.6. The van der Waals surface area contributed by atoms with E-state index in [-0.39, 0.29) is 6.04 Å². The topological polar surface area (TPSA) is 34.2 Å². The summed E-state index contributed by atoms with van der Waals surface area (Å²) in [7, 11) is 3.67. The molecule has 0 spiro atoms. The van der Waals surface area contributed by atoms with E-state index in [4.69, 9.17) is 4.74 Å². The molecule has 2 rings (SSSR count). The third kappa shape index (κ3) is 2.67. The summed E-state index contributed by atoms with van der Waals surface area (Å²) >= 11 is 0. The van der Waals surface area contributed by atoms with Crippen LogP contribution in [-0.2, 0) is 0 Å². The van der Waals surface area contributed by atoms with Crippen LogP contribution in [0.1, 0.15) is 37.3 Å². The zero-order chi connectivity index (χ0) is 12.1. The number of hydrogen-bond acceptors (Lipinski definition) is 3. The Bertz CT molecular complexity index is 401. The molecule has 1 atom stereocenters. The molecule has 0 saturated heterocycles. The Morgan fingerprint density at radius 3 is 2.94 bits per heavy atom. The summed E-state index contributed by atoms with van der Waals surface area (Å²) in [6.07, 6.45) is 9.08. The quantitative estimate of drug-likeness (QED) is 0.810. The first kappa shape index (κ1) is 12.1. The van der Waals surface area contributed by atoms with Crippen LogP contribution >= 0.6 is 0 Å². The van der Waals surface area contributed by atoms with Gasteiger partial charge in [0.25, 0.3) is 0 Å². The van der Waals surface area contributed by atoms with Crippen LogP contribution in [0.4, 0.5) is 0 Å². The Morgan fingerprint density at radius 2 is 2.29 bits per heavy atom. The maximum atomic E-state index is 5.34. The van der Waals surface area contributed by atoms with E-state index in [0.29, 0.717) is 0 Å². The van der Waals surface area contributed by atoms with Gasteiger partial charge < -0.3 is 10.1 Å². The van der Waals surface area contributed by atoms with Crippen molar-refractivity contribution in [3.05, 3.63) is 35.5 Å². The van der Waals surface area contributed by atoms with Crippen molar-refractivity contribution in [2.45, 2.75) is 31.7 Å². The average Bonchev–Trinajstić information content (AvgIpc) is 2.41. The lowest BCUT2D eigenvalue weighted by Crippen LogP contribution is -2.20. The number of hydrogen-bond donors (Lipinski definition) is 1. The van der Waals surface area contributed by atoms with Gasteiger partial charge in [-0.05, 0) is 38.8 Å². The molecule has 17 heavy (non-hydrogen) atoms. The summed E-state index contributed by atoms with van der Waals surface area (Å²) in [5, 5.41) is 3.37. The van der Waals surface area contributed by atoms with Gasteiger partial charge in [0.1, 0.15) is 0 Å². The Labute approximate surface area is 103 Å². The maximum absolute atomic E-state index is 5.34. The van der Waals surface area contributed by atoms with Crippen LogP contribution in [0.2, 0.25) is 0 Å². The second-order valence-corrected chi connectivity index (χ2v) is 4.35. The van der Waals surface area contributed by atoms with Crippen molar-refractivity contribution >= 4 is 0 Å². The third-order valence-corrected chi connectivity index (χ3v) is 3.29. The predicted molar refractivity (Wildman–Crippen MR) is 69.1 cm³/mol. The minimum atomic E-state index is 0.235. The van der Waals surface area contributed by atoms with Gasteiger partial charge in [-0.2, -0.15) is 0 Å². The molecule has 0 fully saturated rings. The van der Waals surface area contributed by atoms with Gasteiger partial charge in [-0.1, -0.05) is 17.7 Å². The van der Waals surface area contributed by atoms with Gasteiger partial charge in [-0.15, -0.1) is 0 Å². The minimum absolute atomic E-state index is 0.235. The zero-order valence-corrected chi connectivity index (χ0v) is 10.6. The molecule has 0 radical (unpaired) electrons. The molecule has 1 aromatic rings. The first-order chi connectivity index (χ1) is 8.36. The van der Waals surface area contributed by atoms with E-state index in [1.54, 1.807) is 13.3 Å². The second-order valence-electron chi connectivity index (χ2n) is 4.35. The summed E-state index contributed by atoms with van der Waals surface area (Å²) in [5.41, 5.74) is 2.59. The standard InChI is InChI=1S/C14H20N2O/c1-15-13(11-7-4-3-5-8-11)12-9-6-10-16-14(12)17-2/h6-7,9-10,13,15H,3-5,8H2,1-2H3. The van der Waals surface area contributed by atoms with Gasteiger partial charge in [0, 0.05) is 11.8 Å². The molecule has 1 aliphatic rings. The SMILES string of the molecule is CNC(C1=CCCCC1)c1cccnc1OC. The molecule has 0 amide bonds. The molecule has 0 aromatic carbocycles. The Morgan fingerprint density at radius 1 is 1.41 bits per heavy atom. The molecule has 0 saturated carbocycles. The van der Waals surface area contributed by atoms with Gasteiger partial charge in [0.2, 0.25) is 5.88 Å². The molecular formula is C14H20N2O. The lowest BCUT2D eigenvalue weighted by molar-refractivity contribution is 0.387. The van der Waals surface area contributed by atoms with Gasteiger partial charge >= 0.3 is 0 Å². The summed E-state index contributed by atoms with van der Waals surface area (Å²) in [4.78, 5) is 4.27. The van der Waals surface area contributed by atoms with Crippen LogP contribution in [0.25, 0.3) is 0 Å². The fourth-order valence-corrected chi connectivity index (χ4v) is 2.46.